The number of carbonyl (C=O) groups is 1. The fourth-order valence-electron chi connectivity index (χ4n) is 1.37. The van der Waals surface area contributed by atoms with Gasteiger partial charge in [-0.2, -0.15) is 0 Å². The summed E-state index contributed by atoms with van der Waals surface area (Å²) in [5, 5.41) is 11.0. The van der Waals surface area contributed by atoms with E-state index in [1.54, 1.807) is 24.5 Å². The van der Waals surface area contributed by atoms with Crippen LogP contribution in [0.4, 0.5) is 10.3 Å². The molecule has 0 aliphatic rings. The second-order valence-electron chi connectivity index (χ2n) is 3.55. The zero-order valence-corrected chi connectivity index (χ0v) is 9.30. The Hall–Kier alpha value is -2.50. The van der Waals surface area contributed by atoms with E-state index in [0.29, 0.717) is 0 Å². The van der Waals surface area contributed by atoms with Crippen LogP contribution < -0.4 is 5.32 Å². The first-order chi connectivity index (χ1) is 8.65. The first-order valence-corrected chi connectivity index (χ1v) is 5.19. The molecule has 5 nitrogen and oxygen atoms in total. The van der Waals surface area contributed by atoms with E-state index < -0.39 is 5.97 Å². The quantitative estimate of drug-likeness (QED) is 0.861. The Morgan fingerprint density at radius 1 is 1.17 bits per heavy atom. The molecule has 18 heavy (non-hydrogen) atoms. The van der Waals surface area contributed by atoms with Crippen molar-refractivity contribution in [2.45, 2.75) is 0 Å². The summed E-state index contributed by atoms with van der Waals surface area (Å²) in [6, 6.07) is 5.95. The number of halogens is 1. The highest BCUT2D eigenvalue weighted by molar-refractivity contribution is 5.72. The van der Waals surface area contributed by atoms with E-state index in [9.17, 15) is 9.18 Å². The number of nitrogens with zero attached hydrogens (tertiary/aromatic N) is 2. The summed E-state index contributed by atoms with van der Waals surface area (Å²) in [5.41, 5.74) is 1.53. The van der Waals surface area contributed by atoms with Crippen LogP contribution in [-0.4, -0.2) is 27.6 Å². The fraction of sp³-hybridized carbons (Fsp3) is 0.0833. The van der Waals surface area contributed by atoms with Crippen molar-refractivity contribution in [3.8, 4) is 11.1 Å². The molecular weight excluding hydrogens is 237 g/mol. The third-order valence-corrected chi connectivity index (χ3v) is 2.23. The number of carboxylic acids is 1. The molecule has 6 heteroatoms. The first kappa shape index (κ1) is 12.0. The number of rotatable bonds is 4. The maximum atomic E-state index is 12.7. The lowest BCUT2D eigenvalue weighted by Gasteiger charge is -2.03. The molecule has 0 fully saturated rings. The monoisotopic (exact) mass is 247 g/mol. The van der Waals surface area contributed by atoms with E-state index in [2.05, 4.69) is 15.3 Å². The molecule has 2 rings (SSSR count). The van der Waals surface area contributed by atoms with Gasteiger partial charge in [-0.25, -0.2) is 14.4 Å². The number of hydrogen-bond acceptors (Lipinski definition) is 4. The van der Waals surface area contributed by atoms with Gasteiger partial charge in [0.1, 0.15) is 12.4 Å². The Balaban J connectivity index is 2.12. The highest BCUT2D eigenvalue weighted by atomic mass is 19.1. The maximum Gasteiger partial charge on any atom is 0.322 e. The molecule has 0 atom stereocenters. The topological polar surface area (TPSA) is 75.1 Å². The lowest BCUT2D eigenvalue weighted by molar-refractivity contribution is -0.134. The number of carboxylic acid groups (broad SMARTS) is 1. The molecule has 1 aromatic heterocycles. The van der Waals surface area contributed by atoms with Gasteiger partial charge in [0.25, 0.3) is 0 Å². The van der Waals surface area contributed by atoms with Gasteiger partial charge in [0, 0.05) is 18.0 Å². The van der Waals surface area contributed by atoms with Crippen molar-refractivity contribution >= 4 is 11.9 Å². The van der Waals surface area contributed by atoms with Crippen LogP contribution in [0.1, 0.15) is 0 Å². The second kappa shape index (κ2) is 5.22. The largest absolute Gasteiger partial charge is 0.480 e. The van der Waals surface area contributed by atoms with E-state index in [1.165, 1.54) is 12.1 Å². The van der Waals surface area contributed by atoms with E-state index in [1.807, 2.05) is 0 Å². The first-order valence-electron chi connectivity index (χ1n) is 5.19. The highest BCUT2D eigenvalue weighted by Gasteiger charge is 2.02. The van der Waals surface area contributed by atoms with Crippen molar-refractivity contribution in [3.63, 3.8) is 0 Å². The molecule has 0 aliphatic carbocycles. The molecule has 0 saturated carbocycles. The van der Waals surface area contributed by atoms with Crippen molar-refractivity contribution < 1.29 is 14.3 Å². The van der Waals surface area contributed by atoms with E-state index >= 15 is 0 Å². The molecule has 92 valence electrons. The Kier molecular flexibility index (Phi) is 3.47. The minimum atomic E-state index is -0.985. The lowest BCUT2D eigenvalue weighted by atomic mass is 10.1. The fourth-order valence-corrected chi connectivity index (χ4v) is 1.37. The van der Waals surface area contributed by atoms with Gasteiger partial charge in [-0.1, -0.05) is 12.1 Å². The molecule has 0 radical (unpaired) electrons. The van der Waals surface area contributed by atoms with Crippen LogP contribution in [0, 0.1) is 5.82 Å². The van der Waals surface area contributed by atoms with Gasteiger partial charge in [-0.3, -0.25) is 4.79 Å². The van der Waals surface area contributed by atoms with Crippen molar-refractivity contribution in [2.24, 2.45) is 0 Å². The standard InChI is InChI=1S/C12H10FN3O2/c13-10-3-1-8(2-4-10)9-5-14-12(15-6-9)16-7-11(17)18/h1-6H,7H2,(H,17,18)(H,14,15,16). The second-order valence-corrected chi connectivity index (χ2v) is 3.55. The molecule has 2 N–H and O–H groups in total. The van der Waals surface area contributed by atoms with Gasteiger partial charge in [-0.05, 0) is 17.7 Å². The Labute approximate surface area is 102 Å². The molecule has 0 amide bonds. The van der Waals surface area contributed by atoms with Gasteiger partial charge < -0.3 is 10.4 Å². The average Bonchev–Trinajstić information content (AvgIpc) is 2.38. The number of hydrogen-bond donors (Lipinski definition) is 2. The summed E-state index contributed by atoms with van der Waals surface area (Å²) in [6.07, 6.45) is 3.09. The summed E-state index contributed by atoms with van der Waals surface area (Å²) in [7, 11) is 0. The number of benzene rings is 1. The normalized spacial score (nSPS) is 10.1. The van der Waals surface area contributed by atoms with Crippen LogP contribution in [0.5, 0.6) is 0 Å². The minimum Gasteiger partial charge on any atom is -0.480 e. The summed E-state index contributed by atoms with van der Waals surface area (Å²) < 4.78 is 12.7. The smallest absolute Gasteiger partial charge is 0.322 e. The van der Waals surface area contributed by atoms with Gasteiger partial charge in [0.15, 0.2) is 0 Å². The zero-order valence-electron chi connectivity index (χ0n) is 9.30. The molecule has 0 unspecified atom stereocenters. The molecule has 0 spiro atoms. The van der Waals surface area contributed by atoms with Gasteiger partial charge in [0.05, 0.1) is 0 Å². The third-order valence-electron chi connectivity index (χ3n) is 2.23. The molecule has 2 aromatic rings. The van der Waals surface area contributed by atoms with Gasteiger partial charge >= 0.3 is 5.97 Å². The number of aromatic nitrogens is 2. The van der Waals surface area contributed by atoms with Crippen molar-refractivity contribution in [2.75, 3.05) is 11.9 Å². The molecule has 1 aromatic carbocycles. The van der Waals surface area contributed by atoms with Crippen LogP contribution in [0.3, 0.4) is 0 Å². The Morgan fingerprint density at radius 3 is 2.33 bits per heavy atom. The summed E-state index contributed by atoms with van der Waals surface area (Å²) in [4.78, 5) is 18.3. The number of anilines is 1. The predicted molar refractivity (Wildman–Crippen MR) is 63.6 cm³/mol. The van der Waals surface area contributed by atoms with Crippen molar-refractivity contribution in [1.82, 2.24) is 9.97 Å². The van der Waals surface area contributed by atoms with Gasteiger partial charge in [0.2, 0.25) is 5.95 Å². The summed E-state index contributed by atoms with van der Waals surface area (Å²) >= 11 is 0. The van der Waals surface area contributed by atoms with Crippen molar-refractivity contribution in [3.05, 3.63) is 42.5 Å². The minimum absolute atomic E-state index is 0.239. The SMILES string of the molecule is O=C(O)CNc1ncc(-c2ccc(F)cc2)cn1. The van der Waals surface area contributed by atoms with Crippen LogP contribution in [0.2, 0.25) is 0 Å². The van der Waals surface area contributed by atoms with Crippen LogP contribution in [0.15, 0.2) is 36.7 Å². The predicted octanol–water partition coefficient (Wildman–Crippen LogP) is 1.78. The van der Waals surface area contributed by atoms with Crippen LogP contribution >= 0.6 is 0 Å². The van der Waals surface area contributed by atoms with Crippen LogP contribution in [-0.2, 0) is 4.79 Å². The van der Waals surface area contributed by atoms with E-state index in [-0.39, 0.29) is 18.3 Å². The molecule has 0 bridgehead atoms. The summed E-state index contributed by atoms with van der Waals surface area (Å²) in [5.74, 6) is -1.05. The third kappa shape index (κ3) is 3.00. The number of aliphatic carboxylic acids is 1. The Bertz CT molecular complexity index is 540. The summed E-state index contributed by atoms with van der Waals surface area (Å²) in [6.45, 7) is -0.240. The van der Waals surface area contributed by atoms with Gasteiger partial charge in [-0.15, -0.1) is 0 Å². The maximum absolute atomic E-state index is 12.7. The molecule has 1 heterocycles. The van der Waals surface area contributed by atoms with E-state index in [4.69, 9.17) is 5.11 Å². The average molecular weight is 247 g/mol. The zero-order chi connectivity index (χ0) is 13.0. The molecule has 0 saturated heterocycles. The Morgan fingerprint density at radius 2 is 1.78 bits per heavy atom. The highest BCUT2D eigenvalue weighted by Crippen LogP contribution is 2.18. The lowest BCUT2D eigenvalue weighted by Crippen LogP contribution is -2.14. The van der Waals surface area contributed by atoms with Crippen molar-refractivity contribution in [1.29, 1.82) is 0 Å². The van der Waals surface area contributed by atoms with E-state index in [0.717, 1.165) is 11.1 Å². The molecule has 0 aliphatic heterocycles. The number of nitrogens with one attached hydrogen (secondary N) is 1. The van der Waals surface area contributed by atoms with Crippen LogP contribution in [0.25, 0.3) is 11.1 Å². The molecular formula is C12H10FN3O2.